The van der Waals surface area contributed by atoms with E-state index < -0.39 is 16.0 Å². The molecule has 0 aliphatic heterocycles. The Morgan fingerprint density at radius 2 is 2.00 bits per heavy atom. The number of thiophene rings is 1. The van der Waals surface area contributed by atoms with Gasteiger partial charge in [-0.1, -0.05) is 23.4 Å². The Kier molecular flexibility index (Phi) is 5.44. The zero-order valence-corrected chi connectivity index (χ0v) is 16.7. The van der Waals surface area contributed by atoms with Crippen LogP contribution in [0, 0.1) is 6.92 Å². The fourth-order valence-corrected chi connectivity index (χ4v) is 4.61. The maximum absolute atomic E-state index is 12.4. The van der Waals surface area contributed by atoms with Crippen LogP contribution in [-0.2, 0) is 21.4 Å². The van der Waals surface area contributed by atoms with Crippen molar-refractivity contribution in [3.05, 3.63) is 63.1 Å². The number of nitrogens with one attached hydrogen (secondary N) is 1. The number of nitrogens with zero attached hydrogens (tertiary/aromatic N) is 1. The summed E-state index contributed by atoms with van der Waals surface area (Å²) >= 11 is 4.21. The van der Waals surface area contributed by atoms with E-state index in [2.05, 4.69) is 25.8 Å². The fraction of sp³-hybridized carbons (Fsp3) is 0.125. The molecule has 0 amide bonds. The Morgan fingerprint density at radius 1 is 1.27 bits per heavy atom. The minimum absolute atomic E-state index is 0.00737. The van der Waals surface area contributed by atoms with Crippen molar-refractivity contribution in [3.63, 3.8) is 0 Å². The van der Waals surface area contributed by atoms with Crippen LogP contribution in [0.4, 0.5) is 5.88 Å². The summed E-state index contributed by atoms with van der Waals surface area (Å²) in [7, 11) is -3.83. The molecule has 0 saturated heterocycles. The van der Waals surface area contributed by atoms with Crippen LogP contribution < -0.4 is 4.72 Å². The van der Waals surface area contributed by atoms with Gasteiger partial charge >= 0.3 is 5.97 Å². The predicted octanol–water partition coefficient (Wildman–Crippen LogP) is 3.96. The van der Waals surface area contributed by atoms with Gasteiger partial charge in [0.1, 0.15) is 15.3 Å². The number of hydrogen-bond donors (Lipinski definition) is 1. The smallest absolute Gasteiger partial charge is 0.338 e. The van der Waals surface area contributed by atoms with Gasteiger partial charge < -0.3 is 9.26 Å². The Hall–Kier alpha value is -2.17. The SMILES string of the molecule is Cc1noc(NS(=O)(=O)c2ccc(COC(=O)c3ccccc3)s2)c1Br. The largest absolute Gasteiger partial charge is 0.456 e. The van der Waals surface area contributed by atoms with Gasteiger partial charge in [-0.2, -0.15) is 0 Å². The first-order valence-corrected chi connectivity index (χ1v) is 10.4. The monoisotopic (exact) mass is 456 g/mol. The lowest BCUT2D eigenvalue weighted by Gasteiger charge is -2.03. The van der Waals surface area contributed by atoms with Crippen molar-refractivity contribution in [1.82, 2.24) is 5.16 Å². The van der Waals surface area contributed by atoms with Gasteiger partial charge in [0.05, 0.1) is 11.3 Å². The molecule has 0 fully saturated rings. The number of carbonyl (C=O) groups excluding carboxylic acids is 1. The zero-order valence-electron chi connectivity index (χ0n) is 13.4. The van der Waals surface area contributed by atoms with Crippen LogP contribution in [0.5, 0.6) is 0 Å². The zero-order chi connectivity index (χ0) is 18.7. The number of benzene rings is 1. The summed E-state index contributed by atoms with van der Waals surface area (Å²) in [6.45, 7) is 1.66. The van der Waals surface area contributed by atoms with Gasteiger partial charge in [0.15, 0.2) is 0 Å². The molecule has 0 bridgehead atoms. The molecule has 136 valence electrons. The molecule has 0 aliphatic carbocycles. The van der Waals surface area contributed by atoms with Crippen LogP contribution in [0.2, 0.25) is 0 Å². The van der Waals surface area contributed by atoms with Gasteiger partial charge in [-0.3, -0.25) is 0 Å². The summed E-state index contributed by atoms with van der Waals surface area (Å²) < 4.78 is 37.8. The van der Waals surface area contributed by atoms with Crippen LogP contribution >= 0.6 is 27.3 Å². The molecule has 1 aromatic carbocycles. The highest BCUT2D eigenvalue weighted by molar-refractivity contribution is 9.10. The van der Waals surface area contributed by atoms with E-state index >= 15 is 0 Å². The first-order chi connectivity index (χ1) is 12.4. The Morgan fingerprint density at radius 3 is 2.65 bits per heavy atom. The van der Waals surface area contributed by atoms with E-state index in [9.17, 15) is 13.2 Å². The first kappa shape index (κ1) is 18.6. The molecular weight excluding hydrogens is 444 g/mol. The van der Waals surface area contributed by atoms with Crippen LogP contribution in [0.15, 0.2) is 55.7 Å². The number of sulfonamides is 1. The Labute approximate surface area is 162 Å². The summed E-state index contributed by atoms with van der Waals surface area (Å²) in [6, 6.07) is 11.6. The van der Waals surface area contributed by atoms with Crippen LogP contribution in [0.25, 0.3) is 0 Å². The van der Waals surface area contributed by atoms with E-state index in [1.54, 1.807) is 43.3 Å². The van der Waals surface area contributed by atoms with Crippen molar-refractivity contribution in [2.24, 2.45) is 0 Å². The van der Waals surface area contributed by atoms with E-state index in [1.165, 1.54) is 6.07 Å². The Bertz CT molecular complexity index is 1030. The lowest BCUT2D eigenvalue weighted by molar-refractivity contribution is 0.0477. The molecule has 10 heteroatoms. The molecule has 0 saturated carbocycles. The molecule has 1 N–H and O–H groups in total. The number of rotatable bonds is 6. The molecule has 3 rings (SSSR count). The van der Waals surface area contributed by atoms with E-state index in [0.717, 1.165) is 11.3 Å². The highest BCUT2D eigenvalue weighted by atomic mass is 79.9. The van der Waals surface area contributed by atoms with Gasteiger partial charge in [0.2, 0.25) is 0 Å². The van der Waals surface area contributed by atoms with E-state index in [4.69, 9.17) is 9.26 Å². The van der Waals surface area contributed by atoms with Gasteiger partial charge in [0, 0.05) is 4.88 Å². The maximum atomic E-state index is 12.4. The van der Waals surface area contributed by atoms with Crippen LogP contribution in [-0.4, -0.2) is 19.5 Å². The molecule has 26 heavy (non-hydrogen) atoms. The van der Waals surface area contributed by atoms with Crippen molar-refractivity contribution in [2.45, 2.75) is 17.7 Å². The topological polar surface area (TPSA) is 98.5 Å². The minimum Gasteiger partial charge on any atom is -0.456 e. The van der Waals surface area contributed by atoms with Crippen molar-refractivity contribution in [3.8, 4) is 0 Å². The van der Waals surface area contributed by atoms with E-state index in [-0.39, 0.29) is 16.7 Å². The molecule has 0 aliphatic rings. The van der Waals surface area contributed by atoms with Gasteiger partial charge in [-0.15, -0.1) is 11.3 Å². The highest BCUT2D eigenvalue weighted by Crippen LogP contribution is 2.30. The summed E-state index contributed by atoms with van der Waals surface area (Å²) in [6.07, 6.45) is 0. The highest BCUT2D eigenvalue weighted by Gasteiger charge is 2.22. The third-order valence-electron chi connectivity index (χ3n) is 3.27. The van der Waals surface area contributed by atoms with Gasteiger partial charge in [0.25, 0.3) is 15.9 Å². The number of ether oxygens (including phenoxy) is 1. The van der Waals surface area contributed by atoms with Crippen molar-refractivity contribution in [1.29, 1.82) is 0 Å². The maximum Gasteiger partial charge on any atom is 0.338 e. The summed E-state index contributed by atoms with van der Waals surface area (Å²) in [5.74, 6) is -0.462. The van der Waals surface area contributed by atoms with Crippen molar-refractivity contribution < 1.29 is 22.5 Å². The van der Waals surface area contributed by atoms with Crippen LogP contribution in [0.1, 0.15) is 20.9 Å². The number of carbonyl (C=O) groups is 1. The number of halogens is 1. The molecule has 2 heterocycles. The second kappa shape index (κ2) is 7.60. The van der Waals surface area contributed by atoms with E-state index in [1.807, 2.05) is 0 Å². The molecule has 2 aromatic heterocycles. The minimum atomic E-state index is -3.83. The molecule has 7 nitrogen and oxygen atoms in total. The van der Waals surface area contributed by atoms with Gasteiger partial charge in [-0.25, -0.2) is 17.9 Å². The molecular formula is C16H13BrN2O5S2. The average molecular weight is 457 g/mol. The van der Waals surface area contributed by atoms with Crippen molar-refractivity contribution >= 4 is 49.1 Å². The average Bonchev–Trinajstić information content (AvgIpc) is 3.23. The molecule has 0 radical (unpaired) electrons. The van der Waals surface area contributed by atoms with Gasteiger partial charge in [-0.05, 0) is 47.1 Å². The summed E-state index contributed by atoms with van der Waals surface area (Å²) in [5.41, 5.74) is 0.964. The van der Waals surface area contributed by atoms with E-state index in [0.29, 0.717) is 20.6 Å². The van der Waals surface area contributed by atoms with Crippen LogP contribution in [0.3, 0.4) is 0 Å². The lowest BCUT2D eigenvalue weighted by Crippen LogP contribution is -2.11. The lowest BCUT2D eigenvalue weighted by atomic mass is 10.2. The normalized spacial score (nSPS) is 11.3. The predicted molar refractivity (Wildman–Crippen MR) is 99.6 cm³/mol. The third kappa shape index (κ3) is 4.14. The number of anilines is 1. The van der Waals surface area contributed by atoms with Crippen molar-refractivity contribution in [2.75, 3.05) is 4.72 Å². The molecule has 0 atom stereocenters. The molecule has 0 unspecified atom stereocenters. The number of aryl methyl sites for hydroxylation is 1. The molecule has 3 aromatic rings. The second-order valence-corrected chi connectivity index (χ2v) is 9.05. The molecule has 0 spiro atoms. The third-order valence-corrected chi connectivity index (χ3v) is 7.09. The standard InChI is InChI=1S/C16H13BrN2O5S2/c1-10-14(17)15(24-18-10)19-26(21,22)13-8-7-12(25-13)9-23-16(20)11-5-3-2-4-6-11/h2-8,19H,9H2,1H3. The summed E-state index contributed by atoms with van der Waals surface area (Å²) in [5, 5.41) is 3.67. The Balaban J connectivity index is 1.67. The number of aromatic nitrogens is 1. The quantitative estimate of drug-likeness (QED) is 0.563. The fourth-order valence-electron chi connectivity index (χ4n) is 1.97. The first-order valence-electron chi connectivity index (χ1n) is 7.32. The number of esters is 1. The number of hydrogen-bond acceptors (Lipinski definition) is 7. The second-order valence-electron chi connectivity index (χ2n) is 5.18. The summed E-state index contributed by atoms with van der Waals surface area (Å²) in [4.78, 5) is 12.5.